The van der Waals surface area contributed by atoms with Crippen molar-refractivity contribution >= 4 is 80.9 Å². The maximum atomic E-state index is 13.8. The molecule has 9 nitrogen and oxygen atoms in total. The van der Waals surface area contributed by atoms with Crippen LogP contribution < -0.4 is 20.9 Å². The van der Waals surface area contributed by atoms with Gasteiger partial charge in [-0.2, -0.15) is 0 Å². The molecule has 1 amide bonds. The Morgan fingerprint density at radius 1 is 0.837 bits per heavy atom. The van der Waals surface area contributed by atoms with Crippen LogP contribution in [0.25, 0.3) is 5.69 Å². The minimum absolute atomic E-state index is 0.0824. The summed E-state index contributed by atoms with van der Waals surface area (Å²) in [4.78, 5) is 26.6. The molecule has 0 unspecified atom stereocenters. The zero-order valence-corrected chi connectivity index (χ0v) is 31.0. The Morgan fingerprint density at radius 2 is 1.49 bits per heavy atom. The van der Waals surface area contributed by atoms with Crippen molar-refractivity contribution in [2.45, 2.75) is 84.5 Å². The lowest BCUT2D eigenvalue weighted by atomic mass is 10.1. The molecule has 0 fully saturated rings. The number of H-pyrrole nitrogens is 1. The van der Waals surface area contributed by atoms with Gasteiger partial charge >= 0.3 is 5.56 Å². The molecule has 0 aliphatic carbocycles. The van der Waals surface area contributed by atoms with Gasteiger partial charge in [0.05, 0.1) is 27.9 Å². The first-order valence-corrected chi connectivity index (χ1v) is 18.0. The van der Waals surface area contributed by atoms with Crippen molar-refractivity contribution in [3.05, 3.63) is 84.5 Å². The van der Waals surface area contributed by atoms with Crippen LogP contribution >= 0.6 is 46.4 Å². The van der Waals surface area contributed by atoms with E-state index in [0.717, 1.165) is 29.5 Å². The van der Waals surface area contributed by atoms with E-state index < -0.39 is 5.56 Å². The van der Waals surface area contributed by atoms with E-state index in [1.807, 2.05) is 13.0 Å². The average Bonchev–Trinajstić information content (AvgIpc) is 3.35. The molecule has 3 N–H and O–H groups in total. The standard InChI is InChI=1S/C36H42Cl4N6O3/c1-4-5-6-7-8-9-10-11-12-13-14-32(47)41-25-16-17-26(38)29(22-25)42-35-33(44-43-30-19-23(2)15-18-31(30)49-3)36(48)46(45-35)34-27(39)20-24(37)21-28(34)40/h15-22,42,45H,4-14H2,1-3H3,(H,41,47). The molecule has 1 heterocycles. The van der Waals surface area contributed by atoms with Gasteiger partial charge in [0.25, 0.3) is 0 Å². The molecule has 4 rings (SSSR count). The van der Waals surface area contributed by atoms with Gasteiger partial charge in [-0.1, -0.05) is 117 Å². The number of nitrogens with one attached hydrogen (secondary N) is 3. The van der Waals surface area contributed by atoms with Gasteiger partial charge in [0.15, 0.2) is 11.5 Å². The second-order valence-corrected chi connectivity index (χ2v) is 13.5. The molecular formula is C36H42Cl4N6O3. The van der Waals surface area contributed by atoms with Gasteiger partial charge in [-0.25, -0.2) is 4.68 Å². The zero-order chi connectivity index (χ0) is 35.3. The lowest BCUT2D eigenvalue weighted by Gasteiger charge is -2.11. The van der Waals surface area contributed by atoms with E-state index in [1.165, 1.54) is 64.2 Å². The molecule has 0 spiro atoms. The first kappa shape index (κ1) is 38.3. The summed E-state index contributed by atoms with van der Waals surface area (Å²) in [6.45, 7) is 4.14. The molecule has 262 valence electrons. The van der Waals surface area contributed by atoms with Crippen LogP contribution in [0.5, 0.6) is 5.75 Å². The third-order valence-electron chi connectivity index (χ3n) is 7.93. The number of amides is 1. The van der Waals surface area contributed by atoms with E-state index in [1.54, 1.807) is 30.3 Å². The fraction of sp³-hybridized carbons (Fsp3) is 0.389. The highest BCUT2D eigenvalue weighted by molar-refractivity contribution is 6.40. The number of carbonyl (C=O) groups excluding carboxylic acids is 1. The number of anilines is 3. The SMILES string of the molecule is CCCCCCCCCCCCC(=O)Nc1ccc(Cl)c(Nc2[nH]n(-c3c(Cl)cc(Cl)cc3Cl)c(=O)c2N=Nc2cc(C)ccc2OC)c1. The number of nitrogens with zero attached hydrogens (tertiary/aromatic N) is 3. The van der Waals surface area contributed by atoms with Crippen LogP contribution in [0.1, 0.15) is 83.1 Å². The first-order valence-electron chi connectivity index (χ1n) is 16.5. The summed E-state index contributed by atoms with van der Waals surface area (Å²) < 4.78 is 6.57. The second kappa shape index (κ2) is 19.0. The molecule has 13 heteroatoms. The van der Waals surface area contributed by atoms with Crippen LogP contribution in [-0.2, 0) is 4.79 Å². The van der Waals surface area contributed by atoms with E-state index in [0.29, 0.717) is 39.3 Å². The number of hydrogen-bond donors (Lipinski definition) is 3. The molecular weight excluding hydrogens is 706 g/mol. The number of rotatable bonds is 18. The summed E-state index contributed by atoms with van der Waals surface area (Å²) in [5.74, 6) is 0.548. The molecule has 4 aromatic rings. The summed E-state index contributed by atoms with van der Waals surface area (Å²) in [5.41, 5.74) is 1.80. The largest absolute Gasteiger partial charge is 0.494 e. The fourth-order valence-electron chi connectivity index (χ4n) is 5.33. The Labute approximate surface area is 307 Å². The molecule has 0 radical (unpaired) electrons. The van der Waals surface area contributed by atoms with Gasteiger partial charge in [-0.3, -0.25) is 14.7 Å². The number of aryl methyl sites for hydroxylation is 1. The van der Waals surface area contributed by atoms with Crippen molar-refractivity contribution in [2.75, 3.05) is 17.7 Å². The highest BCUT2D eigenvalue weighted by Gasteiger charge is 2.21. The maximum Gasteiger partial charge on any atom is 0.301 e. The number of aromatic amines is 1. The molecule has 0 aliphatic rings. The molecule has 3 aromatic carbocycles. The van der Waals surface area contributed by atoms with Gasteiger partial charge < -0.3 is 15.4 Å². The van der Waals surface area contributed by atoms with E-state index in [2.05, 4.69) is 32.9 Å². The minimum Gasteiger partial charge on any atom is -0.494 e. The predicted molar refractivity (Wildman–Crippen MR) is 203 cm³/mol. The number of benzene rings is 3. The summed E-state index contributed by atoms with van der Waals surface area (Å²) in [6, 6.07) is 13.4. The van der Waals surface area contributed by atoms with Gasteiger partial charge in [0, 0.05) is 17.1 Å². The normalized spacial score (nSPS) is 11.3. The average molecular weight is 749 g/mol. The van der Waals surface area contributed by atoms with E-state index in [-0.39, 0.29) is 33.1 Å². The molecule has 0 aliphatic heterocycles. The third-order valence-corrected chi connectivity index (χ3v) is 9.05. The van der Waals surface area contributed by atoms with E-state index in [9.17, 15) is 9.59 Å². The minimum atomic E-state index is -0.596. The third kappa shape index (κ3) is 11.0. The quantitative estimate of drug-likeness (QED) is 0.0694. The Balaban J connectivity index is 1.52. The van der Waals surface area contributed by atoms with Crippen LogP contribution in [0.3, 0.4) is 0 Å². The van der Waals surface area contributed by atoms with E-state index in [4.69, 9.17) is 51.1 Å². The zero-order valence-electron chi connectivity index (χ0n) is 28.0. The Hall–Kier alpha value is -3.50. The van der Waals surface area contributed by atoms with Crippen molar-refractivity contribution in [1.82, 2.24) is 9.78 Å². The van der Waals surface area contributed by atoms with Crippen LogP contribution in [0.15, 0.2) is 63.6 Å². The number of aromatic nitrogens is 2. The Morgan fingerprint density at radius 3 is 2.14 bits per heavy atom. The number of carbonyl (C=O) groups is 1. The van der Waals surface area contributed by atoms with Crippen LogP contribution in [-0.4, -0.2) is 22.8 Å². The summed E-state index contributed by atoms with van der Waals surface area (Å²) in [5, 5.41) is 18.7. The summed E-state index contributed by atoms with van der Waals surface area (Å²) >= 11 is 25.6. The number of halogens is 4. The van der Waals surface area contributed by atoms with Crippen molar-refractivity contribution in [3.63, 3.8) is 0 Å². The topological polar surface area (TPSA) is 113 Å². The maximum absolute atomic E-state index is 13.8. The lowest BCUT2D eigenvalue weighted by Crippen LogP contribution is -2.15. The number of hydrogen-bond acceptors (Lipinski definition) is 6. The van der Waals surface area contributed by atoms with Crippen molar-refractivity contribution < 1.29 is 9.53 Å². The van der Waals surface area contributed by atoms with Gasteiger partial charge in [-0.15, -0.1) is 10.2 Å². The molecule has 0 saturated heterocycles. The van der Waals surface area contributed by atoms with Gasteiger partial charge in [0.2, 0.25) is 5.91 Å². The molecule has 0 saturated carbocycles. The van der Waals surface area contributed by atoms with Crippen LogP contribution in [0.2, 0.25) is 20.1 Å². The number of methoxy groups -OCH3 is 1. The number of unbranched alkanes of at least 4 members (excludes halogenated alkanes) is 9. The van der Waals surface area contributed by atoms with Gasteiger partial charge in [-0.05, 0) is 61.4 Å². The predicted octanol–water partition coefficient (Wildman–Crippen LogP) is 12.5. The highest BCUT2D eigenvalue weighted by atomic mass is 35.5. The molecule has 0 bridgehead atoms. The lowest BCUT2D eigenvalue weighted by molar-refractivity contribution is -0.116. The van der Waals surface area contributed by atoms with Crippen molar-refractivity contribution in [3.8, 4) is 11.4 Å². The van der Waals surface area contributed by atoms with Crippen LogP contribution in [0, 0.1) is 6.92 Å². The molecule has 1 aromatic heterocycles. The van der Waals surface area contributed by atoms with E-state index >= 15 is 0 Å². The van der Waals surface area contributed by atoms with Crippen LogP contribution in [0.4, 0.5) is 28.6 Å². The van der Waals surface area contributed by atoms with Crippen molar-refractivity contribution in [2.24, 2.45) is 10.2 Å². The van der Waals surface area contributed by atoms with Crippen molar-refractivity contribution in [1.29, 1.82) is 0 Å². The molecule has 0 atom stereocenters. The number of ether oxygens (including phenoxy) is 1. The second-order valence-electron chi connectivity index (χ2n) is 11.9. The summed E-state index contributed by atoms with van der Waals surface area (Å²) in [7, 11) is 1.52. The highest BCUT2D eigenvalue weighted by Crippen LogP contribution is 2.36. The Kier molecular flexibility index (Phi) is 14.9. The summed E-state index contributed by atoms with van der Waals surface area (Å²) in [6.07, 6.45) is 12.4. The fourth-order valence-corrected chi connectivity index (χ4v) is 6.48. The molecule has 49 heavy (non-hydrogen) atoms. The smallest absolute Gasteiger partial charge is 0.301 e. The Bertz CT molecular complexity index is 1800. The van der Waals surface area contributed by atoms with Gasteiger partial charge in [0.1, 0.15) is 17.1 Å². The monoisotopic (exact) mass is 746 g/mol. The first-order chi connectivity index (χ1) is 23.6. The number of azo groups is 1.